The second-order valence-electron chi connectivity index (χ2n) is 5.00. The number of carbonyl (C=O) groups is 1. The van der Waals surface area contributed by atoms with Gasteiger partial charge in [0.2, 0.25) is 0 Å². The molecule has 2 rings (SSSR count). The van der Waals surface area contributed by atoms with Crippen molar-refractivity contribution in [2.75, 3.05) is 27.2 Å². The van der Waals surface area contributed by atoms with E-state index in [4.69, 9.17) is 0 Å². The Kier molecular flexibility index (Phi) is 7.13. The first kappa shape index (κ1) is 18.7. The number of amides is 1. The number of nitrogens with zero attached hydrogens (tertiary/aromatic N) is 2. The van der Waals surface area contributed by atoms with Gasteiger partial charge in [-0.2, -0.15) is 0 Å². The van der Waals surface area contributed by atoms with E-state index in [2.05, 4.69) is 21.2 Å². The molecule has 0 bridgehead atoms. The molecule has 6 heteroatoms. The zero-order chi connectivity index (χ0) is 15.4. The first-order chi connectivity index (χ1) is 10.0. The van der Waals surface area contributed by atoms with Crippen molar-refractivity contribution in [2.24, 2.45) is 7.05 Å². The second kappa shape index (κ2) is 8.36. The van der Waals surface area contributed by atoms with Crippen LogP contribution in [-0.4, -0.2) is 42.6 Å². The van der Waals surface area contributed by atoms with Crippen molar-refractivity contribution in [1.29, 1.82) is 0 Å². The van der Waals surface area contributed by atoms with E-state index in [1.807, 2.05) is 62.1 Å². The Hall–Kier alpha value is -1.30. The average Bonchev–Trinajstić information content (AvgIpc) is 2.86. The maximum absolute atomic E-state index is 12.4. The summed E-state index contributed by atoms with van der Waals surface area (Å²) in [6, 6.07) is 12.0. The third-order valence-corrected chi connectivity index (χ3v) is 4.05. The van der Waals surface area contributed by atoms with Crippen molar-refractivity contribution < 1.29 is 4.79 Å². The fraction of sp³-hybridized carbons (Fsp3) is 0.312. The van der Waals surface area contributed by atoms with Crippen LogP contribution in [0.25, 0.3) is 11.3 Å². The van der Waals surface area contributed by atoms with E-state index in [0.717, 1.165) is 22.3 Å². The lowest BCUT2D eigenvalue weighted by molar-refractivity contribution is 0.0787. The summed E-state index contributed by atoms with van der Waals surface area (Å²) in [5.74, 6) is 0.0381. The summed E-state index contributed by atoms with van der Waals surface area (Å²) in [4.78, 5) is 14.2. The van der Waals surface area contributed by atoms with E-state index in [9.17, 15) is 4.79 Å². The fourth-order valence-electron chi connectivity index (χ4n) is 2.21. The Balaban J connectivity index is 0.00000242. The van der Waals surface area contributed by atoms with Gasteiger partial charge in [0.15, 0.2) is 0 Å². The van der Waals surface area contributed by atoms with Gasteiger partial charge in [-0.05, 0) is 36.9 Å². The van der Waals surface area contributed by atoms with Crippen LogP contribution in [-0.2, 0) is 7.05 Å². The number of hydrogen-bond donors (Lipinski definition) is 1. The molecule has 4 nitrogen and oxygen atoms in total. The molecule has 0 aliphatic heterocycles. The number of carbonyl (C=O) groups excluding carboxylic acids is 1. The van der Waals surface area contributed by atoms with Crippen LogP contribution in [0.15, 0.2) is 40.9 Å². The zero-order valence-electron chi connectivity index (χ0n) is 13.0. The first-order valence-electron chi connectivity index (χ1n) is 6.86. The van der Waals surface area contributed by atoms with Crippen molar-refractivity contribution in [3.63, 3.8) is 0 Å². The molecule has 0 saturated carbocycles. The quantitative estimate of drug-likeness (QED) is 0.857. The second-order valence-corrected chi connectivity index (χ2v) is 5.92. The van der Waals surface area contributed by atoms with Crippen LogP contribution in [0.2, 0.25) is 0 Å². The van der Waals surface area contributed by atoms with Gasteiger partial charge in [0, 0.05) is 37.4 Å². The molecule has 0 unspecified atom stereocenters. The number of rotatable bonds is 5. The van der Waals surface area contributed by atoms with E-state index in [1.165, 1.54) is 0 Å². The summed E-state index contributed by atoms with van der Waals surface area (Å²) in [5.41, 5.74) is 2.83. The summed E-state index contributed by atoms with van der Waals surface area (Å²) in [5, 5.41) is 3.05. The Morgan fingerprint density at radius 2 is 1.86 bits per heavy atom. The molecule has 1 heterocycles. The number of nitrogens with one attached hydrogen (secondary N) is 1. The minimum absolute atomic E-state index is 0. The van der Waals surface area contributed by atoms with Gasteiger partial charge in [0.25, 0.3) is 5.91 Å². The maximum atomic E-state index is 12.4. The molecular weight excluding hydrogens is 366 g/mol. The van der Waals surface area contributed by atoms with E-state index in [0.29, 0.717) is 12.2 Å². The van der Waals surface area contributed by atoms with Crippen molar-refractivity contribution >= 4 is 34.2 Å². The average molecular weight is 387 g/mol. The van der Waals surface area contributed by atoms with Crippen LogP contribution in [0.1, 0.15) is 10.5 Å². The molecule has 0 atom stereocenters. The molecule has 2 aromatic rings. The van der Waals surface area contributed by atoms with Crippen molar-refractivity contribution in [3.8, 4) is 11.3 Å². The Labute approximate surface area is 146 Å². The lowest BCUT2D eigenvalue weighted by atomic mass is 10.1. The molecule has 0 fully saturated rings. The van der Waals surface area contributed by atoms with Crippen molar-refractivity contribution in [1.82, 2.24) is 14.8 Å². The van der Waals surface area contributed by atoms with Crippen LogP contribution in [0, 0.1) is 0 Å². The molecule has 1 N–H and O–H groups in total. The molecule has 22 heavy (non-hydrogen) atoms. The normalized spacial score (nSPS) is 10.2. The third kappa shape index (κ3) is 4.12. The molecule has 0 radical (unpaired) electrons. The Morgan fingerprint density at radius 1 is 1.23 bits per heavy atom. The molecule has 1 aromatic heterocycles. The van der Waals surface area contributed by atoms with Gasteiger partial charge >= 0.3 is 0 Å². The minimum Gasteiger partial charge on any atom is -0.340 e. The van der Waals surface area contributed by atoms with Crippen LogP contribution in [0.3, 0.4) is 0 Å². The zero-order valence-corrected chi connectivity index (χ0v) is 15.4. The Morgan fingerprint density at radius 3 is 2.45 bits per heavy atom. The fourth-order valence-corrected chi connectivity index (χ4v) is 2.48. The largest absolute Gasteiger partial charge is 0.340 e. The molecule has 0 spiro atoms. The number of benzene rings is 1. The molecule has 120 valence electrons. The highest BCUT2D eigenvalue weighted by Crippen LogP contribution is 2.24. The van der Waals surface area contributed by atoms with Crippen molar-refractivity contribution in [2.45, 2.75) is 0 Å². The molecule has 0 aliphatic rings. The topological polar surface area (TPSA) is 37.3 Å². The number of hydrogen-bond acceptors (Lipinski definition) is 2. The highest BCUT2D eigenvalue weighted by molar-refractivity contribution is 9.10. The lowest BCUT2D eigenvalue weighted by Crippen LogP contribution is -2.33. The maximum Gasteiger partial charge on any atom is 0.270 e. The summed E-state index contributed by atoms with van der Waals surface area (Å²) >= 11 is 3.43. The van der Waals surface area contributed by atoms with Gasteiger partial charge in [0.05, 0.1) is 0 Å². The van der Waals surface area contributed by atoms with E-state index in [-0.39, 0.29) is 18.3 Å². The lowest BCUT2D eigenvalue weighted by Gasteiger charge is -2.17. The van der Waals surface area contributed by atoms with Gasteiger partial charge in [-0.3, -0.25) is 4.79 Å². The molecule has 0 aliphatic carbocycles. The van der Waals surface area contributed by atoms with Gasteiger partial charge in [-0.15, -0.1) is 12.4 Å². The molecule has 1 aromatic carbocycles. The van der Waals surface area contributed by atoms with Gasteiger partial charge in [-0.25, -0.2) is 0 Å². The highest BCUT2D eigenvalue weighted by atomic mass is 79.9. The summed E-state index contributed by atoms with van der Waals surface area (Å²) in [6.07, 6.45) is 0. The minimum atomic E-state index is 0. The summed E-state index contributed by atoms with van der Waals surface area (Å²) in [7, 11) is 5.63. The summed E-state index contributed by atoms with van der Waals surface area (Å²) < 4.78 is 2.99. The molecule has 1 amide bonds. The van der Waals surface area contributed by atoms with Crippen LogP contribution >= 0.6 is 28.3 Å². The number of halogens is 2. The molecular formula is C16H21BrClN3O. The van der Waals surface area contributed by atoms with Crippen molar-refractivity contribution in [3.05, 3.63) is 46.6 Å². The Bertz CT molecular complexity index is 625. The van der Waals surface area contributed by atoms with E-state index in [1.54, 1.807) is 4.90 Å². The van der Waals surface area contributed by atoms with Gasteiger partial charge in [0.1, 0.15) is 5.69 Å². The third-order valence-electron chi connectivity index (χ3n) is 3.52. The predicted octanol–water partition coefficient (Wildman–Crippen LogP) is 3.17. The monoisotopic (exact) mass is 385 g/mol. The van der Waals surface area contributed by atoms with Gasteiger partial charge in [-0.1, -0.05) is 28.1 Å². The SMILES string of the molecule is CNCCN(C)C(=O)c1ccc(-c2ccc(Br)cc2)n1C.Cl. The van der Waals surface area contributed by atoms with Crippen LogP contribution < -0.4 is 5.32 Å². The van der Waals surface area contributed by atoms with Crippen LogP contribution in [0.5, 0.6) is 0 Å². The predicted molar refractivity (Wildman–Crippen MR) is 96.7 cm³/mol. The van der Waals surface area contributed by atoms with E-state index >= 15 is 0 Å². The smallest absolute Gasteiger partial charge is 0.270 e. The standard InChI is InChI=1S/C16H20BrN3O.ClH/c1-18-10-11-19(2)16(21)15-9-8-14(20(15)3)12-4-6-13(17)7-5-12;/h4-9,18H,10-11H2,1-3H3;1H. The van der Waals surface area contributed by atoms with Crippen LogP contribution in [0.4, 0.5) is 0 Å². The highest BCUT2D eigenvalue weighted by Gasteiger charge is 2.16. The van der Waals surface area contributed by atoms with E-state index < -0.39 is 0 Å². The summed E-state index contributed by atoms with van der Waals surface area (Å²) in [6.45, 7) is 1.47. The number of likely N-dealkylation sites (N-methyl/N-ethyl adjacent to an activating group) is 2. The first-order valence-corrected chi connectivity index (χ1v) is 7.65. The molecule has 0 saturated heterocycles. The van der Waals surface area contributed by atoms with Gasteiger partial charge < -0.3 is 14.8 Å². The number of aromatic nitrogens is 1.